The van der Waals surface area contributed by atoms with Crippen LogP contribution in [0.4, 0.5) is 4.39 Å². The van der Waals surface area contributed by atoms with Gasteiger partial charge in [0.1, 0.15) is 16.9 Å². The van der Waals surface area contributed by atoms with Gasteiger partial charge in [-0.25, -0.2) is 9.37 Å². The molecule has 1 heterocycles. The summed E-state index contributed by atoms with van der Waals surface area (Å²) < 4.78 is 18.8. The van der Waals surface area contributed by atoms with Crippen LogP contribution in [0.5, 0.6) is 0 Å². The Morgan fingerprint density at radius 1 is 1.16 bits per heavy atom. The van der Waals surface area contributed by atoms with Crippen LogP contribution in [0.15, 0.2) is 52.9 Å². The maximum absolute atomic E-state index is 13.2. The summed E-state index contributed by atoms with van der Waals surface area (Å²) in [6, 6.07) is 13.8. The second kappa shape index (κ2) is 4.17. The van der Waals surface area contributed by atoms with E-state index in [4.69, 9.17) is 10.2 Å². The molecule has 0 radical (unpaired) electrons. The summed E-state index contributed by atoms with van der Waals surface area (Å²) in [6.07, 6.45) is 0. The molecule has 1 atom stereocenters. The fourth-order valence-corrected chi connectivity index (χ4v) is 2.03. The fourth-order valence-electron chi connectivity index (χ4n) is 2.03. The van der Waals surface area contributed by atoms with E-state index < -0.39 is 5.54 Å². The summed E-state index contributed by atoms with van der Waals surface area (Å²) in [5.41, 5.74) is 7.36. The quantitative estimate of drug-likeness (QED) is 0.766. The number of oxazole rings is 1. The lowest BCUT2D eigenvalue weighted by Crippen LogP contribution is -2.34. The summed E-state index contributed by atoms with van der Waals surface area (Å²) in [7, 11) is 0. The average molecular weight is 256 g/mol. The molecule has 0 spiro atoms. The van der Waals surface area contributed by atoms with Gasteiger partial charge in [0.2, 0.25) is 5.89 Å². The van der Waals surface area contributed by atoms with Gasteiger partial charge in [0.15, 0.2) is 5.58 Å². The second-order valence-corrected chi connectivity index (χ2v) is 4.70. The molecular formula is C15H13FN2O. The van der Waals surface area contributed by atoms with Crippen LogP contribution in [0.25, 0.3) is 11.1 Å². The Balaban J connectivity index is 2.13. The molecule has 0 fully saturated rings. The topological polar surface area (TPSA) is 52.0 Å². The molecule has 2 N–H and O–H groups in total. The van der Waals surface area contributed by atoms with Crippen molar-refractivity contribution in [2.75, 3.05) is 0 Å². The van der Waals surface area contributed by atoms with Crippen molar-refractivity contribution in [2.24, 2.45) is 5.73 Å². The third-order valence-corrected chi connectivity index (χ3v) is 3.17. The van der Waals surface area contributed by atoms with E-state index in [1.807, 2.05) is 37.3 Å². The van der Waals surface area contributed by atoms with Crippen LogP contribution in [0, 0.1) is 5.82 Å². The Hall–Kier alpha value is -2.20. The minimum Gasteiger partial charge on any atom is -0.438 e. The molecule has 0 aliphatic rings. The lowest BCUT2D eigenvalue weighted by atomic mass is 9.93. The molecule has 0 bridgehead atoms. The molecule has 0 aliphatic heterocycles. The highest BCUT2D eigenvalue weighted by atomic mass is 19.1. The van der Waals surface area contributed by atoms with E-state index in [0.29, 0.717) is 17.0 Å². The molecule has 0 saturated heterocycles. The van der Waals surface area contributed by atoms with Gasteiger partial charge in [-0.3, -0.25) is 0 Å². The van der Waals surface area contributed by atoms with Gasteiger partial charge in [0.25, 0.3) is 0 Å². The monoisotopic (exact) mass is 256 g/mol. The molecule has 1 unspecified atom stereocenters. The van der Waals surface area contributed by atoms with Crippen molar-refractivity contribution in [2.45, 2.75) is 12.5 Å². The first kappa shape index (κ1) is 11.9. The largest absolute Gasteiger partial charge is 0.438 e. The number of halogens is 1. The number of hydrogen-bond acceptors (Lipinski definition) is 3. The van der Waals surface area contributed by atoms with Crippen molar-refractivity contribution in [1.82, 2.24) is 4.98 Å². The summed E-state index contributed by atoms with van der Waals surface area (Å²) in [4.78, 5) is 4.29. The van der Waals surface area contributed by atoms with Gasteiger partial charge >= 0.3 is 0 Å². The Kier molecular flexibility index (Phi) is 2.61. The summed E-state index contributed by atoms with van der Waals surface area (Å²) in [6.45, 7) is 1.82. The van der Waals surface area contributed by atoms with Crippen LogP contribution in [-0.2, 0) is 5.54 Å². The number of fused-ring (bicyclic) bond motifs is 1. The Labute approximate surface area is 109 Å². The van der Waals surface area contributed by atoms with Crippen LogP contribution >= 0.6 is 0 Å². The third kappa shape index (κ3) is 2.00. The Morgan fingerprint density at radius 3 is 2.63 bits per heavy atom. The number of nitrogens with zero attached hydrogens (tertiary/aromatic N) is 1. The van der Waals surface area contributed by atoms with E-state index in [2.05, 4.69) is 4.98 Å². The molecule has 2 aromatic carbocycles. The van der Waals surface area contributed by atoms with Crippen LogP contribution in [0.3, 0.4) is 0 Å². The molecule has 96 valence electrons. The van der Waals surface area contributed by atoms with E-state index in [0.717, 1.165) is 5.56 Å². The van der Waals surface area contributed by atoms with E-state index >= 15 is 0 Å². The normalized spacial score (nSPS) is 14.5. The fraction of sp³-hybridized carbons (Fsp3) is 0.133. The zero-order chi connectivity index (χ0) is 13.5. The average Bonchev–Trinajstić information content (AvgIpc) is 2.83. The van der Waals surface area contributed by atoms with E-state index in [9.17, 15) is 4.39 Å². The molecule has 1 aromatic heterocycles. The molecule has 19 heavy (non-hydrogen) atoms. The number of aromatic nitrogens is 1. The zero-order valence-electron chi connectivity index (χ0n) is 10.4. The zero-order valence-corrected chi connectivity index (χ0v) is 10.4. The maximum Gasteiger partial charge on any atom is 0.219 e. The summed E-state index contributed by atoms with van der Waals surface area (Å²) in [5, 5.41) is 0. The van der Waals surface area contributed by atoms with Gasteiger partial charge in [-0.05, 0) is 24.6 Å². The molecule has 3 aromatic rings. The summed E-state index contributed by atoms with van der Waals surface area (Å²) in [5.74, 6) is 0.0325. The second-order valence-electron chi connectivity index (χ2n) is 4.70. The van der Waals surface area contributed by atoms with Gasteiger partial charge in [0, 0.05) is 6.07 Å². The highest BCUT2D eigenvalue weighted by Gasteiger charge is 2.29. The van der Waals surface area contributed by atoms with Crippen molar-refractivity contribution >= 4 is 11.1 Å². The smallest absolute Gasteiger partial charge is 0.219 e. The van der Waals surface area contributed by atoms with Crippen molar-refractivity contribution < 1.29 is 8.81 Å². The van der Waals surface area contributed by atoms with Gasteiger partial charge < -0.3 is 10.2 Å². The van der Waals surface area contributed by atoms with Gasteiger partial charge in [-0.15, -0.1) is 0 Å². The molecule has 0 aliphatic carbocycles. The van der Waals surface area contributed by atoms with Crippen molar-refractivity contribution in [3.63, 3.8) is 0 Å². The van der Waals surface area contributed by atoms with Crippen molar-refractivity contribution in [1.29, 1.82) is 0 Å². The van der Waals surface area contributed by atoms with Crippen molar-refractivity contribution in [3.8, 4) is 0 Å². The number of hydrogen-bond donors (Lipinski definition) is 1. The first-order valence-corrected chi connectivity index (χ1v) is 5.98. The summed E-state index contributed by atoms with van der Waals surface area (Å²) >= 11 is 0. The van der Waals surface area contributed by atoms with E-state index in [1.54, 1.807) is 6.07 Å². The van der Waals surface area contributed by atoms with Gasteiger partial charge in [-0.2, -0.15) is 0 Å². The predicted molar refractivity (Wildman–Crippen MR) is 71.1 cm³/mol. The molecule has 0 amide bonds. The van der Waals surface area contributed by atoms with E-state index in [1.165, 1.54) is 12.1 Å². The first-order chi connectivity index (χ1) is 9.07. The highest BCUT2D eigenvalue weighted by molar-refractivity contribution is 5.72. The number of nitrogens with two attached hydrogens (primary N) is 1. The Bertz CT molecular complexity index is 719. The first-order valence-electron chi connectivity index (χ1n) is 5.98. The molecular weight excluding hydrogens is 243 g/mol. The van der Waals surface area contributed by atoms with Gasteiger partial charge in [0.05, 0.1) is 0 Å². The molecule has 3 nitrogen and oxygen atoms in total. The minimum absolute atomic E-state index is 0.342. The lowest BCUT2D eigenvalue weighted by molar-refractivity contribution is 0.418. The number of rotatable bonds is 2. The molecule has 4 heteroatoms. The van der Waals surface area contributed by atoms with Crippen LogP contribution < -0.4 is 5.73 Å². The highest BCUT2D eigenvalue weighted by Crippen LogP contribution is 2.28. The maximum atomic E-state index is 13.2. The van der Waals surface area contributed by atoms with Gasteiger partial charge in [-0.1, -0.05) is 30.3 Å². The van der Waals surface area contributed by atoms with Crippen LogP contribution in [0.1, 0.15) is 18.4 Å². The SMILES string of the molecule is CC(N)(c1ccccc1)c1nc2cc(F)ccc2o1. The minimum atomic E-state index is -0.850. The predicted octanol–water partition coefficient (Wildman–Crippen LogP) is 3.19. The van der Waals surface area contributed by atoms with Crippen LogP contribution in [-0.4, -0.2) is 4.98 Å². The Morgan fingerprint density at radius 2 is 1.89 bits per heavy atom. The molecule has 3 rings (SSSR count). The molecule has 0 saturated carbocycles. The van der Waals surface area contributed by atoms with E-state index in [-0.39, 0.29) is 5.82 Å². The standard InChI is InChI=1S/C15H13FN2O/c1-15(17,10-5-3-2-4-6-10)14-18-12-9-11(16)7-8-13(12)19-14/h2-9H,17H2,1H3. The number of benzene rings is 2. The lowest BCUT2D eigenvalue weighted by Gasteiger charge is -2.20. The van der Waals surface area contributed by atoms with Crippen molar-refractivity contribution in [3.05, 3.63) is 65.8 Å². The van der Waals surface area contributed by atoms with Crippen LogP contribution in [0.2, 0.25) is 0 Å². The third-order valence-electron chi connectivity index (χ3n) is 3.17.